The number of nitrogens with one attached hydrogen (secondary N) is 1. The Morgan fingerprint density at radius 2 is 1.90 bits per heavy atom. The highest BCUT2D eigenvalue weighted by Gasteiger charge is 2.40. The van der Waals surface area contributed by atoms with Crippen molar-refractivity contribution in [1.82, 2.24) is 10.2 Å². The van der Waals surface area contributed by atoms with E-state index in [0.29, 0.717) is 6.04 Å². The van der Waals surface area contributed by atoms with E-state index in [0.717, 1.165) is 24.7 Å². The number of piperidine rings is 1. The predicted molar refractivity (Wildman–Crippen MR) is 81.3 cm³/mol. The third-order valence-corrected chi connectivity index (χ3v) is 6.26. The minimum Gasteiger partial charge on any atom is -0.302 e. The van der Waals surface area contributed by atoms with Crippen LogP contribution in [0.3, 0.4) is 0 Å². The Hall–Kier alpha value is -0.590. The second kappa shape index (κ2) is 6.03. The number of fused-ring (bicyclic) bond motifs is 1. The van der Waals surface area contributed by atoms with E-state index in [1.54, 1.807) is 0 Å². The van der Waals surface area contributed by atoms with E-state index in [-0.39, 0.29) is 5.54 Å². The number of nitrogens with zero attached hydrogens (tertiary/aromatic N) is 2. The first-order valence-corrected chi connectivity index (χ1v) is 8.60. The van der Waals surface area contributed by atoms with Crippen LogP contribution in [-0.4, -0.2) is 36.6 Å². The minimum absolute atomic E-state index is 0.258. The Bertz CT molecular complexity index is 375. The molecule has 1 aliphatic heterocycles. The summed E-state index contributed by atoms with van der Waals surface area (Å²) in [4.78, 5) is 2.73. The van der Waals surface area contributed by atoms with Gasteiger partial charge in [0, 0.05) is 12.6 Å². The van der Waals surface area contributed by atoms with Crippen molar-refractivity contribution in [2.45, 2.75) is 69.4 Å². The summed E-state index contributed by atoms with van der Waals surface area (Å²) in [6, 6.07) is 3.19. The van der Waals surface area contributed by atoms with Gasteiger partial charge in [0.25, 0.3) is 0 Å². The van der Waals surface area contributed by atoms with Crippen molar-refractivity contribution >= 4 is 0 Å². The third-order valence-electron chi connectivity index (χ3n) is 6.26. The molecule has 112 valence electrons. The number of likely N-dealkylation sites (tertiary alicyclic amines) is 1. The molecule has 3 heteroatoms. The standard InChI is InChI=1S/C17H29N3/c1-19-17(13-18)9-4-7-16(11-17)20-10-8-14-5-2-3-6-15(14)12-20/h14-16,19H,2-12H2,1H3. The predicted octanol–water partition coefficient (Wildman–Crippen LogP) is 2.92. The number of hydrogen-bond acceptors (Lipinski definition) is 3. The summed E-state index contributed by atoms with van der Waals surface area (Å²) in [5.74, 6) is 1.96. The summed E-state index contributed by atoms with van der Waals surface area (Å²) in [7, 11) is 1.96. The molecule has 2 saturated carbocycles. The van der Waals surface area contributed by atoms with Gasteiger partial charge in [-0.15, -0.1) is 0 Å². The summed E-state index contributed by atoms with van der Waals surface area (Å²) < 4.78 is 0. The maximum atomic E-state index is 9.51. The summed E-state index contributed by atoms with van der Waals surface area (Å²) in [6.45, 7) is 2.58. The van der Waals surface area contributed by atoms with E-state index >= 15 is 0 Å². The van der Waals surface area contributed by atoms with Gasteiger partial charge in [0.15, 0.2) is 0 Å². The molecule has 0 aromatic heterocycles. The molecule has 0 spiro atoms. The van der Waals surface area contributed by atoms with Crippen LogP contribution < -0.4 is 5.32 Å². The second-order valence-electron chi connectivity index (χ2n) is 7.28. The fourth-order valence-electron chi connectivity index (χ4n) is 4.90. The molecule has 3 rings (SSSR count). The highest BCUT2D eigenvalue weighted by Crippen LogP contribution is 2.39. The Labute approximate surface area is 123 Å². The van der Waals surface area contributed by atoms with Crippen molar-refractivity contribution in [1.29, 1.82) is 5.26 Å². The first-order valence-electron chi connectivity index (χ1n) is 8.60. The third kappa shape index (κ3) is 2.73. The monoisotopic (exact) mass is 275 g/mol. The molecule has 3 fully saturated rings. The van der Waals surface area contributed by atoms with E-state index in [1.165, 1.54) is 58.0 Å². The molecule has 4 unspecified atom stereocenters. The average Bonchev–Trinajstić information content (AvgIpc) is 2.54. The summed E-state index contributed by atoms with van der Waals surface area (Å²) >= 11 is 0. The minimum atomic E-state index is -0.258. The molecule has 3 aliphatic rings. The van der Waals surface area contributed by atoms with Gasteiger partial charge in [0.05, 0.1) is 6.07 Å². The van der Waals surface area contributed by atoms with E-state index in [4.69, 9.17) is 0 Å². The van der Waals surface area contributed by atoms with E-state index in [1.807, 2.05) is 7.05 Å². The SMILES string of the molecule is CNC1(C#N)CCCC(N2CCC3CCCCC3C2)C1. The molecule has 0 radical (unpaired) electrons. The van der Waals surface area contributed by atoms with Crippen molar-refractivity contribution in [2.75, 3.05) is 20.1 Å². The normalized spacial score (nSPS) is 42.7. The Morgan fingerprint density at radius 1 is 1.10 bits per heavy atom. The van der Waals surface area contributed by atoms with Crippen LogP contribution in [0.4, 0.5) is 0 Å². The van der Waals surface area contributed by atoms with Crippen LogP contribution in [0.25, 0.3) is 0 Å². The van der Waals surface area contributed by atoms with Gasteiger partial charge in [-0.1, -0.05) is 19.3 Å². The molecular weight excluding hydrogens is 246 g/mol. The van der Waals surface area contributed by atoms with Crippen molar-refractivity contribution in [2.24, 2.45) is 11.8 Å². The largest absolute Gasteiger partial charge is 0.302 e. The van der Waals surface area contributed by atoms with Crippen molar-refractivity contribution in [3.63, 3.8) is 0 Å². The van der Waals surface area contributed by atoms with Crippen LogP contribution in [0.1, 0.15) is 57.8 Å². The maximum Gasteiger partial charge on any atom is 0.108 e. The average molecular weight is 275 g/mol. The summed E-state index contributed by atoms with van der Waals surface area (Å²) in [5.41, 5.74) is -0.258. The molecule has 20 heavy (non-hydrogen) atoms. The highest BCUT2D eigenvalue weighted by molar-refractivity contribution is 5.10. The number of hydrogen-bond donors (Lipinski definition) is 1. The van der Waals surface area contributed by atoms with Gasteiger partial charge >= 0.3 is 0 Å². The molecule has 3 nitrogen and oxygen atoms in total. The zero-order valence-corrected chi connectivity index (χ0v) is 12.9. The van der Waals surface area contributed by atoms with Crippen LogP contribution in [0.15, 0.2) is 0 Å². The second-order valence-corrected chi connectivity index (χ2v) is 7.28. The molecular formula is C17H29N3. The van der Waals surface area contributed by atoms with Gasteiger partial charge in [-0.05, 0) is 64.0 Å². The van der Waals surface area contributed by atoms with Crippen LogP contribution in [0.2, 0.25) is 0 Å². The van der Waals surface area contributed by atoms with Gasteiger partial charge in [0.1, 0.15) is 5.54 Å². The van der Waals surface area contributed by atoms with Crippen molar-refractivity contribution in [3.8, 4) is 6.07 Å². The summed E-state index contributed by atoms with van der Waals surface area (Å²) in [5, 5.41) is 12.8. The molecule has 0 amide bonds. The Balaban J connectivity index is 1.63. The van der Waals surface area contributed by atoms with Crippen molar-refractivity contribution < 1.29 is 0 Å². The first kappa shape index (κ1) is 14.4. The Morgan fingerprint density at radius 3 is 2.65 bits per heavy atom. The van der Waals surface area contributed by atoms with Gasteiger partial charge in [-0.2, -0.15) is 5.26 Å². The molecule has 2 aliphatic carbocycles. The van der Waals surface area contributed by atoms with Crippen LogP contribution in [0.5, 0.6) is 0 Å². The zero-order chi connectivity index (χ0) is 14.0. The first-order chi connectivity index (χ1) is 9.76. The highest BCUT2D eigenvalue weighted by atomic mass is 15.2. The van der Waals surface area contributed by atoms with Gasteiger partial charge in [-0.3, -0.25) is 4.90 Å². The lowest BCUT2D eigenvalue weighted by molar-refractivity contribution is 0.0335. The lowest BCUT2D eigenvalue weighted by atomic mass is 9.73. The summed E-state index contributed by atoms with van der Waals surface area (Å²) in [6.07, 6.45) is 11.8. The zero-order valence-electron chi connectivity index (χ0n) is 12.9. The number of rotatable bonds is 2. The van der Waals surface area contributed by atoms with Gasteiger partial charge in [0.2, 0.25) is 0 Å². The lowest BCUT2D eigenvalue weighted by Crippen LogP contribution is -2.54. The Kier molecular flexibility index (Phi) is 4.33. The molecule has 0 aromatic rings. The van der Waals surface area contributed by atoms with Crippen molar-refractivity contribution in [3.05, 3.63) is 0 Å². The fourth-order valence-corrected chi connectivity index (χ4v) is 4.90. The topological polar surface area (TPSA) is 39.1 Å². The molecule has 0 bridgehead atoms. The van der Waals surface area contributed by atoms with Crippen LogP contribution in [-0.2, 0) is 0 Å². The maximum absolute atomic E-state index is 9.51. The molecule has 1 N–H and O–H groups in total. The van der Waals surface area contributed by atoms with E-state index < -0.39 is 0 Å². The quantitative estimate of drug-likeness (QED) is 0.842. The molecule has 1 heterocycles. The molecule has 1 saturated heterocycles. The van der Waals surface area contributed by atoms with Gasteiger partial charge < -0.3 is 5.32 Å². The molecule has 4 atom stereocenters. The van der Waals surface area contributed by atoms with Gasteiger partial charge in [-0.25, -0.2) is 0 Å². The lowest BCUT2D eigenvalue weighted by Gasteiger charge is -2.47. The number of nitriles is 1. The fraction of sp³-hybridized carbons (Fsp3) is 0.941. The van der Waals surface area contributed by atoms with Crippen LogP contribution >= 0.6 is 0 Å². The van der Waals surface area contributed by atoms with E-state index in [2.05, 4.69) is 16.3 Å². The van der Waals surface area contributed by atoms with E-state index in [9.17, 15) is 5.26 Å². The van der Waals surface area contributed by atoms with Crippen LogP contribution in [0, 0.1) is 23.2 Å². The smallest absolute Gasteiger partial charge is 0.108 e. The molecule has 0 aromatic carbocycles.